The Kier molecular flexibility index (Phi) is 3.18. The van der Waals surface area contributed by atoms with Gasteiger partial charge in [-0.3, -0.25) is 0 Å². The molecule has 0 spiro atoms. The Balaban J connectivity index is 3.78. The quantitative estimate of drug-likeness (QED) is 0.483. The van der Waals surface area contributed by atoms with Gasteiger partial charge in [0.25, 0.3) is 0 Å². The normalized spacial score (nSPS) is 7.50. The van der Waals surface area contributed by atoms with Crippen molar-refractivity contribution in [3.63, 3.8) is 0 Å². The third-order valence-corrected chi connectivity index (χ3v) is 1.16. The topological polar surface area (TPSA) is 34.1 Å². The molecule has 3 heteroatoms. The van der Waals surface area contributed by atoms with Crippen LogP contribution in [0.25, 0.3) is 0 Å². The van der Waals surface area contributed by atoms with Crippen LogP contribution in [-0.4, -0.2) is 4.92 Å². The van der Waals surface area contributed by atoms with E-state index < -0.39 is 13.3 Å². The summed E-state index contributed by atoms with van der Waals surface area (Å²) in [6.07, 6.45) is 0.627. The molecule has 0 aliphatic carbocycles. The van der Waals surface area contributed by atoms with Crippen LogP contribution < -0.4 is 0 Å². The van der Waals surface area contributed by atoms with Gasteiger partial charge in [-0.2, -0.15) is 0 Å². The van der Waals surface area contributed by atoms with Crippen LogP contribution in [0.1, 0.15) is 13.3 Å². The molecule has 0 aromatic heterocycles. The van der Waals surface area contributed by atoms with Crippen LogP contribution in [0.3, 0.4) is 0 Å². The fourth-order valence-corrected chi connectivity index (χ4v) is 0.519. The minimum atomic E-state index is -2.53. The van der Waals surface area contributed by atoms with E-state index in [2.05, 4.69) is 0 Å². The molecule has 0 atom stereocenters. The van der Waals surface area contributed by atoms with Crippen molar-refractivity contribution in [1.82, 2.24) is 0 Å². The summed E-state index contributed by atoms with van der Waals surface area (Å²) < 4.78 is 19.2. The summed E-state index contributed by atoms with van der Waals surface area (Å²) in [5.41, 5.74) is 0. The van der Waals surface area contributed by atoms with E-state index in [9.17, 15) is 7.67 Å². The van der Waals surface area contributed by atoms with E-state index in [1.54, 1.807) is 6.92 Å². The third-order valence-electron chi connectivity index (χ3n) is 0.280. The molecule has 0 saturated heterocycles. The molecule has 2 nitrogen and oxygen atoms in total. The first-order valence-corrected chi connectivity index (χ1v) is 3.29. The van der Waals surface area contributed by atoms with E-state index in [0.717, 1.165) is 0 Å². The van der Waals surface area contributed by atoms with Crippen molar-refractivity contribution in [3.05, 3.63) is 0 Å². The van der Waals surface area contributed by atoms with Crippen molar-refractivity contribution < 1.29 is 21.0 Å². The van der Waals surface area contributed by atoms with E-state index in [1.165, 1.54) is 4.92 Å². The zero-order valence-electron chi connectivity index (χ0n) is 3.48. The first-order valence-electron chi connectivity index (χ1n) is 1.64. The van der Waals surface area contributed by atoms with Crippen LogP contribution in [0, 0.1) is 0 Å². The van der Waals surface area contributed by atoms with Crippen LogP contribution in [-0.2, 0) is 21.0 Å². The van der Waals surface area contributed by atoms with Crippen LogP contribution in [0.2, 0.25) is 0 Å². The van der Waals surface area contributed by atoms with Gasteiger partial charge in [-0.05, 0) is 0 Å². The first-order chi connectivity index (χ1) is 2.77. The monoisotopic (exact) mass is 129 g/mol. The summed E-state index contributed by atoms with van der Waals surface area (Å²) in [7, 11) is 0. The Bertz CT molecular complexity index is 123. The summed E-state index contributed by atoms with van der Waals surface area (Å²) in [6.45, 7) is 1.79. The molecule has 0 aliphatic rings. The van der Waals surface area contributed by atoms with Crippen molar-refractivity contribution >= 4 is 4.92 Å². The number of rotatable bonds is 1. The molecule has 0 unspecified atom stereocenters. The predicted octanol–water partition coefficient (Wildman–Crippen LogP) is 0.508. The molecule has 0 aliphatic heterocycles. The van der Waals surface area contributed by atoms with E-state index in [4.69, 9.17) is 0 Å². The Hall–Kier alpha value is -0.0105. The predicted molar refractivity (Wildman–Crippen MR) is 17.7 cm³/mol. The van der Waals surface area contributed by atoms with Gasteiger partial charge in [0.15, 0.2) is 0 Å². The molecule has 0 aromatic rings. The molecule has 0 heterocycles. The summed E-state index contributed by atoms with van der Waals surface area (Å²) in [4.78, 5) is 1.28. The molecule has 0 rings (SSSR count). The van der Waals surface area contributed by atoms with Gasteiger partial charge in [-0.15, -0.1) is 0 Å². The van der Waals surface area contributed by atoms with E-state index >= 15 is 0 Å². The van der Waals surface area contributed by atoms with Crippen molar-refractivity contribution in [2.75, 3.05) is 0 Å². The van der Waals surface area contributed by atoms with E-state index in [-0.39, 0.29) is 0 Å². The second-order valence-corrected chi connectivity index (χ2v) is 2.04. The average molecular weight is 129 g/mol. The zero-order chi connectivity index (χ0) is 4.99. The molecule has 0 bridgehead atoms. The summed E-state index contributed by atoms with van der Waals surface area (Å²) in [5, 5.41) is 0. The standard InChI is InChI=1S/C3H6.Mn.2O/c1-3-2;;;/h1H,3H2,2H3;;;. The Morgan fingerprint density at radius 1 is 1.67 bits per heavy atom. The first kappa shape index (κ1) is 5.99. The molecule has 0 radical (unpaired) electrons. The SMILES string of the molecule is CC[CH]=[Mn](=[O])=[O]. The molecule has 0 fully saturated rings. The van der Waals surface area contributed by atoms with Gasteiger partial charge in [-0.25, -0.2) is 0 Å². The van der Waals surface area contributed by atoms with Crippen molar-refractivity contribution in [1.29, 1.82) is 0 Å². The molecule has 0 aromatic carbocycles. The molecule has 6 heavy (non-hydrogen) atoms. The molecule has 37 valence electrons. The molecule has 0 N–H and O–H groups in total. The third kappa shape index (κ3) is 3.99. The Morgan fingerprint density at radius 3 is 2.17 bits per heavy atom. The van der Waals surface area contributed by atoms with Crippen molar-refractivity contribution in [3.8, 4) is 0 Å². The fraction of sp³-hybridized carbons (Fsp3) is 0.667. The van der Waals surface area contributed by atoms with E-state index in [0.29, 0.717) is 6.42 Å². The molecular weight excluding hydrogens is 123 g/mol. The van der Waals surface area contributed by atoms with Gasteiger partial charge in [0, 0.05) is 0 Å². The van der Waals surface area contributed by atoms with Gasteiger partial charge >= 0.3 is 39.3 Å². The van der Waals surface area contributed by atoms with E-state index in [1.807, 2.05) is 0 Å². The summed E-state index contributed by atoms with van der Waals surface area (Å²) in [6, 6.07) is 0. The fourth-order valence-electron chi connectivity index (χ4n) is 0.126. The Labute approximate surface area is 40.0 Å². The van der Waals surface area contributed by atoms with Crippen LogP contribution in [0.15, 0.2) is 0 Å². The molecule has 0 saturated carbocycles. The summed E-state index contributed by atoms with van der Waals surface area (Å²) in [5.74, 6) is 0. The maximum atomic E-state index is 9.62. The summed E-state index contributed by atoms with van der Waals surface area (Å²) >= 11 is -2.53. The van der Waals surface area contributed by atoms with Crippen molar-refractivity contribution in [2.45, 2.75) is 13.3 Å². The van der Waals surface area contributed by atoms with Crippen LogP contribution in [0.4, 0.5) is 0 Å². The number of hydrogen-bond donors (Lipinski definition) is 0. The number of hydrogen-bond acceptors (Lipinski definition) is 2. The second kappa shape index (κ2) is 3.19. The van der Waals surface area contributed by atoms with Crippen LogP contribution >= 0.6 is 0 Å². The van der Waals surface area contributed by atoms with Gasteiger partial charge in [0.1, 0.15) is 0 Å². The van der Waals surface area contributed by atoms with Gasteiger partial charge in [-0.1, -0.05) is 0 Å². The van der Waals surface area contributed by atoms with Crippen LogP contribution in [0.5, 0.6) is 0 Å². The van der Waals surface area contributed by atoms with Gasteiger partial charge in [0.2, 0.25) is 0 Å². The second-order valence-electron chi connectivity index (χ2n) is 0.804. The molecular formula is C3H6MnO2. The Morgan fingerprint density at radius 2 is 2.17 bits per heavy atom. The zero-order valence-corrected chi connectivity index (χ0v) is 4.66. The average Bonchev–Trinajstić information content (AvgIpc) is 1.35. The van der Waals surface area contributed by atoms with Crippen molar-refractivity contribution in [2.24, 2.45) is 0 Å². The minimum absolute atomic E-state index is 0.627. The van der Waals surface area contributed by atoms with Gasteiger partial charge in [0.05, 0.1) is 0 Å². The van der Waals surface area contributed by atoms with Gasteiger partial charge < -0.3 is 0 Å². The molecule has 0 amide bonds. The maximum absolute atomic E-state index is 9.62.